The second-order valence-electron chi connectivity index (χ2n) is 6.21. The highest BCUT2D eigenvalue weighted by Crippen LogP contribution is 2.30. The van der Waals surface area contributed by atoms with Gasteiger partial charge < -0.3 is 9.26 Å². The Hall–Kier alpha value is -2.80. The SMILES string of the molecule is CCOc1ccc(N(C)S(=O)(=O)c2cc(-c3cc(C)no3)ccc2C)cc1. The minimum atomic E-state index is -3.74. The zero-order valence-corrected chi connectivity index (χ0v) is 16.6. The monoisotopic (exact) mass is 386 g/mol. The maximum Gasteiger partial charge on any atom is 0.264 e. The molecule has 0 amide bonds. The number of aryl methyl sites for hydroxylation is 2. The van der Waals surface area contributed by atoms with Crippen LogP contribution in [0.4, 0.5) is 5.69 Å². The summed E-state index contributed by atoms with van der Waals surface area (Å²) in [6.07, 6.45) is 0. The Labute approximate surface area is 159 Å². The zero-order valence-electron chi connectivity index (χ0n) is 15.8. The molecule has 0 spiro atoms. The summed E-state index contributed by atoms with van der Waals surface area (Å²) in [6, 6.07) is 13.9. The third-order valence-corrected chi connectivity index (χ3v) is 6.18. The van der Waals surface area contributed by atoms with Gasteiger partial charge in [0, 0.05) is 18.7 Å². The summed E-state index contributed by atoms with van der Waals surface area (Å²) in [7, 11) is -2.20. The fourth-order valence-corrected chi connectivity index (χ4v) is 4.18. The number of ether oxygens (including phenoxy) is 1. The van der Waals surface area contributed by atoms with Gasteiger partial charge in [-0.1, -0.05) is 17.3 Å². The van der Waals surface area contributed by atoms with Gasteiger partial charge in [-0.3, -0.25) is 4.31 Å². The first-order valence-electron chi connectivity index (χ1n) is 8.59. The Morgan fingerprint density at radius 3 is 2.37 bits per heavy atom. The van der Waals surface area contributed by atoms with Crippen LogP contribution in [0.25, 0.3) is 11.3 Å². The van der Waals surface area contributed by atoms with Crippen LogP contribution in [0.3, 0.4) is 0 Å². The first-order valence-corrected chi connectivity index (χ1v) is 10.0. The van der Waals surface area contributed by atoms with E-state index in [4.69, 9.17) is 9.26 Å². The summed E-state index contributed by atoms with van der Waals surface area (Å²) in [5.74, 6) is 1.23. The Bertz CT molecular complexity index is 1040. The standard InChI is InChI=1S/C20H22N2O4S/c1-5-25-18-10-8-17(9-11-18)22(4)27(23,24)20-13-16(7-6-14(20)2)19-12-15(3)21-26-19/h6-13H,5H2,1-4H3. The molecule has 0 radical (unpaired) electrons. The normalized spacial score (nSPS) is 11.4. The van der Waals surface area contributed by atoms with Gasteiger partial charge >= 0.3 is 0 Å². The first-order chi connectivity index (χ1) is 12.8. The first kappa shape index (κ1) is 19.0. The van der Waals surface area contributed by atoms with Crippen molar-refractivity contribution < 1.29 is 17.7 Å². The van der Waals surface area contributed by atoms with Crippen LogP contribution < -0.4 is 9.04 Å². The second-order valence-corrected chi connectivity index (χ2v) is 8.15. The number of nitrogens with zero attached hydrogens (tertiary/aromatic N) is 2. The molecule has 7 heteroatoms. The Morgan fingerprint density at radius 1 is 1.07 bits per heavy atom. The maximum absolute atomic E-state index is 13.2. The molecule has 142 valence electrons. The summed E-state index contributed by atoms with van der Waals surface area (Å²) < 4.78 is 38.3. The van der Waals surface area contributed by atoms with Gasteiger partial charge in [0.2, 0.25) is 0 Å². The van der Waals surface area contributed by atoms with Gasteiger partial charge in [-0.15, -0.1) is 0 Å². The smallest absolute Gasteiger partial charge is 0.264 e. The van der Waals surface area contributed by atoms with E-state index >= 15 is 0 Å². The van der Waals surface area contributed by atoms with Crippen molar-refractivity contribution in [3.63, 3.8) is 0 Å². The van der Waals surface area contributed by atoms with E-state index in [0.717, 1.165) is 5.69 Å². The third kappa shape index (κ3) is 3.83. The molecule has 6 nitrogen and oxygen atoms in total. The molecule has 0 aliphatic rings. The molecule has 0 unspecified atom stereocenters. The number of hydrogen-bond acceptors (Lipinski definition) is 5. The van der Waals surface area contributed by atoms with Crippen molar-refractivity contribution in [2.45, 2.75) is 25.7 Å². The predicted molar refractivity (Wildman–Crippen MR) is 105 cm³/mol. The minimum Gasteiger partial charge on any atom is -0.494 e. The molecule has 0 atom stereocenters. The average Bonchev–Trinajstić information content (AvgIpc) is 3.08. The topological polar surface area (TPSA) is 72.6 Å². The molecule has 3 aromatic rings. The molecule has 0 saturated heterocycles. The van der Waals surface area contributed by atoms with E-state index in [1.54, 1.807) is 49.4 Å². The summed E-state index contributed by atoms with van der Waals surface area (Å²) in [5, 5.41) is 3.87. The van der Waals surface area contributed by atoms with Gasteiger partial charge in [-0.05, 0) is 56.7 Å². The lowest BCUT2D eigenvalue weighted by molar-refractivity contribution is 0.340. The Balaban J connectivity index is 1.98. The van der Waals surface area contributed by atoms with Crippen molar-refractivity contribution in [3.8, 4) is 17.1 Å². The van der Waals surface area contributed by atoms with Crippen molar-refractivity contribution in [3.05, 3.63) is 59.8 Å². The van der Waals surface area contributed by atoms with Crippen LogP contribution in [0, 0.1) is 13.8 Å². The highest BCUT2D eigenvalue weighted by molar-refractivity contribution is 7.92. The van der Waals surface area contributed by atoms with Crippen LogP contribution >= 0.6 is 0 Å². The number of benzene rings is 2. The quantitative estimate of drug-likeness (QED) is 0.635. The molecule has 3 rings (SSSR count). The van der Waals surface area contributed by atoms with E-state index in [0.29, 0.717) is 34.9 Å². The van der Waals surface area contributed by atoms with Gasteiger partial charge in [0.1, 0.15) is 5.75 Å². The minimum absolute atomic E-state index is 0.227. The lowest BCUT2D eigenvalue weighted by atomic mass is 10.1. The lowest BCUT2D eigenvalue weighted by Gasteiger charge is -2.21. The van der Waals surface area contributed by atoms with Crippen molar-refractivity contribution in [2.24, 2.45) is 0 Å². The van der Waals surface area contributed by atoms with Crippen LogP contribution in [0.5, 0.6) is 5.75 Å². The molecule has 27 heavy (non-hydrogen) atoms. The van der Waals surface area contributed by atoms with Crippen molar-refractivity contribution in [1.29, 1.82) is 0 Å². The Morgan fingerprint density at radius 2 is 1.78 bits per heavy atom. The summed E-state index contributed by atoms with van der Waals surface area (Å²) >= 11 is 0. The summed E-state index contributed by atoms with van der Waals surface area (Å²) in [6.45, 7) is 6.05. The molecule has 0 fully saturated rings. The number of rotatable bonds is 6. The van der Waals surface area contributed by atoms with E-state index in [9.17, 15) is 8.42 Å². The van der Waals surface area contributed by atoms with E-state index < -0.39 is 10.0 Å². The average molecular weight is 386 g/mol. The van der Waals surface area contributed by atoms with Crippen molar-refractivity contribution in [1.82, 2.24) is 5.16 Å². The molecular formula is C20H22N2O4S. The van der Waals surface area contributed by atoms with Crippen molar-refractivity contribution >= 4 is 15.7 Å². The summed E-state index contributed by atoms with van der Waals surface area (Å²) in [4.78, 5) is 0.227. The number of anilines is 1. The van der Waals surface area contributed by atoms with E-state index in [-0.39, 0.29) is 4.90 Å². The third-order valence-electron chi connectivity index (χ3n) is 4.25. The fraction of sp³-hybridized carbons (Fsp3) is 0.250. The number of sulfonamides is 1. The summed E-state index contributed by atoms with van der Waals surface area (Å²) in [5.41, 5.74) is 2.62. The molecular weight excluding hydrogens is 364 g/mol. The Kier molecular flexibility index (Phi) is 5.23. The highest BCUT2D eigenvalue weighted by atomic mass is 32.2. The molecule has 2 aromatic carbocycles. The van der Waals surface area contributed by atoms with E-state index in [1.165, 1.54) is 11.4 Å². The molecule has 0 aliphatic heterocycles. The van der Waals surface area contributed by atoms with E-state index in [2.05, 4.69) is 5.16 Å². The molecule has 0 bridgehead atoms. The van der Waals surface area contributed by atoms with Crippen LogP contribution in [0.2, 0.25) is 0 Å². The fourth-order valence-electron chi connectivity index (χ4n) is 2.74. The van der Waals surface area contributed by atoms with Gasteiger partial charge in [0.25, 0.3) is 10.0 Å². The predicted octanol–water partition coefficient (Wildman–Crippen LogP) is 4.18. The molecule has 1 aromatic heterocycles. The van der Waals surface area contributed by atoms with E-state index in [1.807, 2.05) is 19.9 Å². The number of hydrogen-bond donors (Lipinski definition) is 0. The van der Waals surface area contributed by atoms with Gasteiger partial charge in [0.15, 0.2) is 5.76 Å². The zero-order chi connectivity index (χ0) is 19.6. The second kappa shape index (κ2) is 7.44. The molecule has 0 N–H and O–H groups in total. The number of aromatic nitrogens is 1. The molecule has 0 saturated carbocycles. The van der Waals surface area contributed by atoms with Gasteiger partial charge in [0.05, 0.1) is 22.9 Å². The molecule has 0 aliphatic carbocycles. The van der Waals surface area contributed by atoms with Crippen molar-refractivity contribution in [2.75, 3.05) is 18.0 Å². The van der Waals surface area contributed by atoms with Gasteiger partial charge in [-0.25, -0.2) is 8.42 Å². The van der Waals surface area contributed by atoms with Crippen LogP contribution in [0.15, 0.2) is 57.9 Å². The maximum atomic E-state index is 13.2. The molecule has 1 heterocycles. The van der Waals surface area contributed by atoms with Crippen LogP contribution in [-0.4, -0.2) is 27.2 Å². The largest absolute Gasteiger partial charge is 0.494 e. The highest BCUT2D eigenvalue weighted by Gasteiger charge is 2.24. The van der Waals surface area contributed by atoms with Crippen LogP contribution in [0.1, 0.15) is 18.2 Å². The van der Waals surface area contributed by atoms with Gasteiger partial charge in [-0.2, -0.15) is 0 Å². The lowest BCUT2D eigenvalue weighted by Crippen LogP contribution is -2.27. The van der Waals surface area contributed by atoms with Crippen LogP contribution in [-0.2, 0) is 10.0 Å².